The molecule has 1 amide bonds. The van der Waals surface area contributed by atoms with Crippen LogP contribution < -0.4 is 14.8 Å². The first-order chi connectivity index (χ1) is 29.4. The van der Waals surface area contributed by atoms with Crippen LogP contribution in [0.1, 0.15) is 93.0 Å². The van der Waals surface area contributed by atoms with Crippen LogP contribution in [-0.2, 0) is 49.8 Å². The van der Waals surface area contributed by atoms with E-state index in [-0.39, 0.29) is 93.5 Å². The van der Waals surface area contributed by atoms with E-state index in [2.05, 4.69) is 15.0 Å². The summed E-state index contributed by atoms with van der Waals surface area (Å²) in [7, 11) is -4.03. The Morgan fingerprint density at radius 3 is 1.92 bits per heavy atom. The molecule has 16 nitrogen and oxygen atoms in total. The summed E-state index contributed by atoms with van der Waals surface area (Å²) < 4.78 is 69.7. The highest BCUT2D eigenvalue weighted by Crippen LogP contribution is 2.26. The van der Waals surface area contributed by atoms with E-state index >= 15 is 0 Å². The molecule has 0 fully saturated rings. The zero-order chi connectivity index (χ0) is 44.1. The van der Waals surface area contributed by atoms with Gasteiger partial charge >= 0.3 is 11.9 Å². The number of hydrogen-bond donors (Lipinski definition) is 4. The molecule has 0 bridgehead atoms. The van der Waals surface area contributed by atoms with Gasteiger partial charge in [-0.05, 0) is 85.8 Å². The minimum atomic E-state index is -4.03. The van der Waals surface area contributed by atoms with Gasteiger partial charge in [-0.2, -0.15) is 0 Å². The first-order valence-electron chi connectivity index (χ1n) is 20.5. The Morgan fingerprint density at radius 2 is 1.26 bits per heavy atom. The summed E-state index contributed by atoms with van der Waals surface area (Å²) in [5.41, 5.74) is 0.758. The Morgan fingerprint density at radius 1 is 0.639 bits per heavy atom. The summed E-state index contributed by atoms with van der Waals surface area (Å²) in [6, 6.07) is 13.1. The molecule has 0 saturated heterocycles. The Bertz CT molecular complexity index is 1880. The number of aryl methyl sites for hydroxylation is 1. The molecule has 4 N–H and O–H groups in total. The van der Waals surface area contributed by atoms with Gasteiger partial charge in [0, 0.05) is 32.2 Å². The van der Waals surface area contributed by atoms with Crippen molar-refractivity contribution in [3.63, 3.8) is 0 Å². The number of nitrogens with zero attached hydrogens (tertiary/aromatic N) is 1. The van der Waals surface area contributed by atoms with Crippen molar-refractivity contribution in [2.75, 3.05) is 64.1 Å². The van der Waals surface area contributed by atoms with Crippen LogP contribution in [0, 0.1) is 5.82 Å². The number of carbonyl (C=O) groups excluding carboxylic acids is 2. The molecule has 3 aromatic rings. The summed E-state index contributed by atoms with van der Waals surface area (Å²) in [6.45, 7) is 1.11. The van der Waals surface area contributed by atoms with E-state index in [1.165, 1.54) is 54.7 Å². The number of ketones is 1. The highest BCUT2D eigenvalue weighted by molar-refractivity contribution is 7.92. The van der Waals surface area contributed by atoms with Crippen LogP contribution in [0.2, 0.25) is 0 Å². The number of aliphatic carboxylic acids is 2. The van der Waals surface area contributed by atoms with Crippen LogP contribution >= 0.6 is 0 Å². The van der Waals surface area contributed by atoms with E-state index in [0.29, 0.717) is 36.5 Å². The van der Waals surface area contributed by atoms with Crippen LogP contribution in [0.25, 0.3) is 0 Å². The van der Waals surface area contributed by atoms with E-state index in [0.717, 1.165) is 57.8 Å². The first kappa shape index (κ1) is 50.3. The highest BCUT2D eigenvalue weighted by Gasteiger charge is 2.16. The van der Waals surface area contributed by atoms with Crippen molar-refractivity contribution >= 4 is 39.5 Å². The monoisotopic (exact) mass is 875 g/mol. The van der Waals surface area contributed by atoms with Crippen molar-refractivity contribution in [3.8, 4) is 11.5 Å². The van der Waals surface area contributed by atoms with Gasteiger partial charge in [0.15, 0.2) is 5.78 Å². The van der Waals surface area contributed by atoms with Crippen LogP contribution in [-0.4, -0.2) is 107 Å². The number of halogens is 1. The van der Waals surface area contributed by atoms with Crippen molar-refractivity contribution in [2.24, 2.45) is 0 Å². The second-order valence-electron chi connectivity index (χ2n) is 14.1. The molecular weight excluding hydrogens is 818 g/mol. The number of rotatable bonds is 35. The number of aromatic nitrogens is 1. The molecule has 0 aliphatic heterocycles. The average Bonchev–Trinajstić information content (AvgIpc) is 3.23. The van der Waals surface area contributed by atoms with E-state index in [9.17, 15) is 32.0 Å². The fraction of sp³-hybridized carbons (Fsp3) is 0.512. The number of sulfonamides is 1. The van der Waals surface area contributed by atoms with Crippen molar-refractivity contribution in [1.82, 2.24) is 10.3 Å². The lowest BCUT2D eigenvalue weighted by atomic mass is 10.0. The zero-order valence-corrected chi connectivity index (χ0v) is 35.3. The topological polar surface area (TPSA) is 226 Å². The third kappa shape index (κ3) is 22.4. The van der Waals surface area contributed by atoms with Gasteiger partial charge in [0.05, 0.1) is 43.5 Å². The molecule has 336 valence electrons. The Labute approximate surface area is 356 Å². The van der Waals surface area contributed by atoms with Gasteiger partial charge in [-0.1, -0.05) is 44.9 Å². The molecule has 2 aromatic carbocycles. The fourth-order valence-electron chi connectivity index (χ4n) is 5.81. The molecule has 1 aromatic heterocycles. The molecule has 0 saturated carbocycles. The number of amides is 1. The van der Waals surface area contributed by atoms with Gasteiger partial charge in [-0.15, -0.1) is 0 Å². The quantitative estimate of drug-likeness (QED) is 0.0459. The molecule has 3 rings (SSSR count). The SMILES string of the molecule is O=C(O)CCCCCCCCCCCc1cc(Oc2ccc(S(=O)(=O)Nc3ccc(C(=O)NCCOCCOCC(=O)CCCOCCOCC(=O)O)cn3)cc2)ccc1F. The number of carbonyl (C=O) groups is 4. The predicted octanol–water partition coefficient (Wildman–Crippen LogP) is 6.57. The molecule has 0 spiro atoms. The molecule has 18 heteroatoms. The average molecular weight is 876 g/mol. The van der Waals surface area contributed by atoms with E-state index in [1.54, 1.807) is 6.07 Å². The maximum absolute atomic E-state index is 14.5. The number of pyridine rings is 1. The summed E-state index contributed by atoms with van der Waals surface area (Å²) in [5.74, 6) is -1.81. The van der Waals surface area contributed by atoms with Gasteiger partial charge in [0.2, 0.25) is 0 Å². The number of carboxylic acid groups (broad SMARTS) is 2. The number of benzene rings is 2. The number of anilines is 1. The Kier molecular flexibility index (Phi) is 24.2. The number of Topliss-reactive ketones (excluding diaryl/α,β-unsaturated/α-hetero) is 1. The van der Waals surface area contributed by atoms with Gasteiger partial charge in [0.1, 0.15) is 36.3 Å². The molecule has 0 atom stereocenters. The van der Waals surface area contributed by atoms with Crippen molar-refractivity contribution in [2.45, 2.75) is 88.4 Å². The fourth-order valence-corrected chi connectivity index (χ4v) is 6.82. The first-order valence-corrected chi connectivity index (χ1v) is 22.0. The largest absolute Gasteiger partial charge is 0.481 e. The molecule has 61 heavy (non-hydrogen) atoms. The summed E-state index contributed by atoms with van der Waals surface area (Å²) in [4.78, 5) is 49.3. The summed E-state index contributed by atoms with van der Waals surface area (Å²) >= 11 is 0. The Hall–Kier alpha value is -5.01. The van der Waals surface area contributed by atoms with Crippen molar-refractivity contribution in [1.29, 1.82) is 0 Å². The smallest absolute Gasteiger partial charge is 0.329 e. The second-order valence-corrected chi connectivity index (χ2v) is 15.7. The minimum Gasteiger partial charge on any atom is -0.481 e. The number of nitrogens with one attached hydrogen (secondary N) is 2. The lowest BCUT2D eigenvalue weighted by molar-refractivity contribution is -0.143. The summed E-state index contributed by atoms with van der Waals surface area (Å²) in [5, 5.41) is 19.9. The zero-order valence-electron chi connectivity index (χ0n) is 34.4. The van der Waals surface area contributed by atoms with Crippen LogP contribution in [0.5, 0.6) is 11.5 Å². The van der Waals surface area contributed by atoms with Gasteiger partial charge < -0.3 is 39.2 Å². The predicted molar refractivity (Wildman–Crippen MR) is 223 cm³/mol. The van der Waals surface area contributed by atoms with Gasteiger partial charge in [-0.3, -0.25) is 19.1 Å². The molecule has 0 unspecified atom stereocenters. The molecule has 0 aliphatic carbocycles. The lowest BCUT2D eigenvalue weighted by Gasteiger charge is -2.11. The molecular formula is C43H58FN3O13S. The van der Waals surface area contributed by atoms with Gasteiger partial charge in [-0.25, -0.2) is 22.6 Å². The lowest BCUT2D eigenvalue weighted by Crippen LogP contribution is -2.28. The summed E-state index contributed by atoms with van der Waals surface area (Å²) in [6.07, 6.45) is 11.7. The van der Waals surface area contributed by atoms with Crippen LogP contribution in [0.3, 0.4) is 0 Å². The van der Waals surface area contributed by atoms with E-state index in [4.69, 9.17) is 33.9 Å². The maximum Gasteiger partial charge on any atom is 0.329 e. The Balaban J connectivity index is 1.28. The van der Waals surface area contributed by atoms with Crippen molar-refractivity contribution in [3.05, 3.63) is 77.7 Å². The molecule has 1 heterocycles. The molecule has 0 radical (unpaired) electrons. The molecule has 0 aliphatic rings. The standard InChI is InChI=1S/C43H58FN3O13S/c44-39-20-17-37(29-33(39)11-8-6-4-2-1-3-5-7-9-13-41(49)50)60-36-15-18-38(19-16-36)61(54,55)47-40-21-14-34(30-46-40)43(53)45-22-24-57-26-27-58-31-35(48)12-10-23-56-25-28-59-32-42(51)52/h14-21,29-30H,1-13,22-28,31-32H2,(H,45,53)(H,46,47)(H,49,50)(H,51,52). The normalized spacial score (nSPS) is 11.3. The number of ether oxygens (including phenoxy) is 5. The third-order valence-electron chi connectivity index (χ3n) is 9.00. The second kappa shape index (κ2) is 29.3. The van der Waals surface area contributed by atoms with Gasteiger partial charge in [0.25, 0.3) is 15.9 Å². The number of hydrogen-bond acceptors (Lipinski definition) is 12. The highest BCUT2D eigenvalue weighted by atomic mass is 32.2. The maximum atomic E-state index is 14.5. The third-order valence-corrected chi connectivity index (χ3v) is 10.4. The van der Waals surface area contributed by atoms with Crippen molar-refractivity contribution < 1.29 is 65.9 Å². The van der Waals surface area contributed by atoms with E-state index < -0.39 is 27.9 Å². The minimum absolute atomic E-state index is 0.0101. The van der Waals surface area contributed by atoms with Crippen LogP contribution in [0.15, 0.2) is 65.7 Å². The number of carboxylic acids is 2. The number of unbranched alkanes of at least 4 members (excludes halogenated alkanes) is 8. The van der Waals surface area contributed by atoms with E-state index in [1.807, 2.05) is 0 Å². The van der Waals surface area contributed by atoms with Crippen LogP contribution in [0.4, 0.5) is 10.2 Å².